The molecule has 0 spiro atoms. The number of hydrogen-bond acceptors (Lipinski definition) is 6. The first-order valence-electron chi connectivity index (χ1n) is 9.91. The summed E-state index contributed by atoms with van der Waals surface area (Å²) in [6.07, 6.45) is -8.56. The van der Waals surface area contributed by atoms with Crippen LogP contribution in [0.4, 0.5) is 27.6 Å². The van der Waals surface area contributed by atoms with Crippen molar-refractivity contribution < 1.29 is 41.0 Å². The molecule has 34 heavy (non-hydrogen) atoms. The highest BCUT2D eigenvalue weighted by atomic mass is 19.4. The third-order valence-electron chi connectivity index (χ3n) is 5.91. The quantitative estimate of drug-likeness (QED) is 0.491. The fourth-order valence-corrected chi connectivity index (χ4v) is 3.85. The SMILES string of the molecule is COC(=O)c1cc(NC(=O)[C@@H]2O[C@@](C)(C(F)(F)F)[C@@H](C)[C@H]2c2ccc(C(F)F)[nH]c2=O)ccn1. The molecule has 0 saturated carbocycles. The Morgan fingerprint density at radius 1 is 1.26 bits per heavy atom. The highest BCUT2D eigenvalue weighted by molar-refractivity contribution is 5.96. The average Bonchev–Trinajstić information content (AvgIpc) is 3.05. The number of pyridine rings is 2. The topological polar surface area (TPSA) is 110 Å². The van der Waals surface area contributed by atoms with Crippen LogP contribution in [-0.4, -0.2) is 46.8 Å². The van der Waals surface area contributed by atoms with Crippen LogP contribution in [0.3, 0.4) is 0 Å². The van der Waals surface area contributed by atoms with Crippen molar-refractivity contribution in [2.24, 2.45) is 5.92 Å². The number of amides is 1. The number of aromatic amines is 1. The van der Waals surface area contributed by atoms with E-state index in [0.717, 1.165) is 39.2 Å². The van der Waals surface area contributed by atoms with Crippen molar-refractivity contribution in [1.29, 1.82) is 0 Å². The van der Waals surface area contributed by atoms with Crippen LogP contribution in [-0.2, 0) is 14.3 Å². The molecular formula is C21H20F5N3O5. The van der Waals surface area contributed by atoms with Crippen LogP contribution in [0.1, 0.15) is 47.9 Å². The standard InChI is InChI=1S/C21H20F5N3O5/c1-9-14(11-4-5-12(16(22)23)29-17(11)30)15(34-20(9,2)21(24,25)26)18(31)28-10-6-7-27-13(8-10)19(32)33-3/h4-9,14-16H,1-3H3,(H,29,30)(H,27,28,31)/t9-,14-,15+,20+/m0/s1. The highest BCUT2D eigenvalue weighted by Crippen LogP contribution is 2.52. The molecule has 4 atom stereocenters. The highest BCUT2D eigenvalue weighted by Gasteiger charge is 2.65. The van der Waals surface area contributed by atoms with E-state index >= 15 is 0 Å². The first-order chi connectivity index (χ1) is 15.8. The van der Waals surface area contributed by atoms with Gasteiger partial charge < -0.3 is 19.8 Å². The monoisotopic (exact) mass is 489 g/mol. The van der Waals surface area contributed by atoms with E-state index in [2.05, 4.69) is 15.0 Å². The Morgan fingerprint density at radius 2 is 1.94 bits per heavy atom. The lowest BCUT2D eigenvalue weighted by atomic mass is 9.77. The van der Waals surface area contributed by atoms with E-state index in [9.17, 15) is 36.3 Å². The number of anilines is 1. The number of aromatic nitrogens is 2. The zero-order valence-electron chi connectivity index (χ0n) is 18.1. The molecule has 1 amide bonds. The van der Waals surface area contributed by atoms with Crippen molar-refractivity contribution in [3.63, 3.8) is 0 Å². The van der Waals surface area contributed by atoms with Gasteiger partial charge in [-0.1, -0.05) is 13.0 Å². The van der Waals surface area contributed by atoms with E-state index < -0.39 is 59.3 Å². The zero-order chi connectivity index (χ0) is 25.4. The van der Waals surface area contributed by atoms with Crippen LogP contribution >= 0.6 is 0 Å². The third-order valence-corrected chi connectivity index (χ3v) is 5.91. The van der Waals surface area contributed by atoms with E-state index in [-0.39, 0.29) is 16.9 Å². The number of rotatable bonds is 5. The van der Waals surface area contributed by atoms with Crippen LogP contribution in [0, 0.1) is 5.92 Å². The Labute approximate surface area is 189 Å². The second-order valence-electron chi connectivity index (χ2n) is 7.87. The Bertz CT molecular complexity index is 1150. The van der Waals surface area contributed by atoms with Crippen LogP contribution in [0.2, 0.25) is 0 Å². The van der Waals surface area contributed by atoms with E-state index in [4.69, 9.17) is 4.74 Å². The predicted octanol–water partition coefficient (Wildman–Crippen LogP) is 3.57. The maximum Gasteiger partial charge on any atom is 0.417 e. The molecule has 3 heterocycles. The molecule has 1 saturated heterocycles. The van der Waals surface area contributed by atoms with E-state index in [1.165, 1.54) is 12.3 Å². The maximum atomic E-state index is 13.9. The van der Waals surface area contributed by atoms with Gasteiger partial charge in [-0.15, -0.1) is 0 Å². The van der Waals surface area contributed by atoms with Gasteiger partial charge in [-0.3, -0.25) is 9.59 Å². The average molecular weight is 489 g/mol. The van der Waals surface area contributed by atoms with Crippen molar-refractivity contribution in [2.45, 2.75) is 44.1 Å². The molecule has 13 heteroatoms. The number of esters is 1. The van der Waals surface area contributed by atoms with Gasteiger partial charge in [0.1, 0.15) is 11.8 Å². The number of halogens is 5. The lowest BCUT2D eigenvalue weighted by molar-refractivity contribution is -0.272. The molecule has 1 aliphatic heterocycles. The minimum Gasteiger partial charge on any atom is -0.464 e. The second-order valence-corrected chi connectivity index (χ2v) is 7.87. The van der Waals surface area contributed by atoms with Gasteiger partial charge in [0.15, 0.2) is 5.60 Å². The molecule has 1 aliphatic rings. The molecule has 0 bridgehead atoms. The number of nitrogens with zero attached hydrogens (tertiary/aromatic N) is 1. The van der Waals surface area contributed by atoms with Crippen LogP contribution < -0.4 is 10.9 Å². The molecule has 8 nitrogen and oxygen atoms in total. The maximum absolute atomic E-state index is 13.9. The summed E-state index contributed by atoms with van der Waals surface area (Å²) < 4.78 is 77.3. The third kappa shape index (κ3) is 4.52. The Balaban J connectivity index is 2.02. The van der Waals surface area contributed by atoms with E-state index in [0.29, 0.717) is 0 Å². The molecule has 2 N–H and O–H groups in total. The summed E-state index contributed by atoms with van der Waals surface area (Å²) in [5.41, 5.74) is -5.06. The number of carbonyl (C=O) groups excluding carboxylic acids is 2. The van der Waals surface area contributed by atoms with Gasteiger partial charge in [-0.05, 0) is 25.1 Å². The summed E-state index contributed by atoms with van der Waals surface area (Å²) in [7, 11) is 1.11. The molecule has 3 rings (SSSR count). The summed E-state index contributed by atoms with van der Waals surface area (Å²) in [5.74, 6) is -4.71. The zero-order valence-corrected chi connectivity index (χ0v) is 18.1. The first-order valence-corrected chi connectivity index (χ1v) is 9.91. The number of nitrogens with one attached hydrogen (secondary N) is 2. The van der Waals surface area contributed by atoms with Crippen molar-refractivity contribution in [3.8, 4) is 0 Å². The number of H-pyrrole nitrogens is 1. The summed E-state index contributed by atoms with van der Waals surface area (Å²) >= 11 is 0. The van der Waals surface area contributed by atoms with Gasteiger partial charge in [-0.25, -0.2) is 18.6 Å². The van der Waals surface area contributed by atoms with Gasteiger partial charge >= 0.3 is 12.1 Å². The van der Waals surface area contributed by atoms with Gasteiger partial charge in [-0.2, -0.15) is 13.2 Å². The van der Waals surface area contributed by atoms with Gasteiger partial charge in [0.05, 0.1) is 12.8 Å². The number of alkyl halides is 5. The van der Waals surface area contributed by atoms with E-state index in [1.807, 2.05) is 4.98 Å². The molecule has 0 aromatic carbocycles. The first kappa shape index (κ1) is 25.3. The number of ether oxygens (including phenoxy) is 2. The number of methoxy groups -OCH3 is 1. The minimum atomic E-state index is -4.91. The molecule has 0 radical (unpaired) electrons. The van der Waals surface area contributed by atoms with E-state index in [1.54, 1.807) is 0 Å². The summed E-state index contributed by atoms with van der Waals surface area (Å²) in [6.45, 7) is 1.91. The number of hydrogen-bond donors (Lipinski definition) is 2. The minimum absolute atomic E-state index is 0.0120. The molecule has 184 valence electrons. The van der Waals surface area contributed by atoms with Gasteiger partial charge in [0.25, 0.3) is 17.9 Å². The van der Waals surface area contributed by atoms with Crippen LogP contribution in [0.15, 0.2) is 35.3 Å². The van der Waals surface area contributed by atoms with Crippen molar-refractivity contribution >= 4 is 17.6 Å². The van der Waals surface area contributed by atoms with Crippen LogP contribution in [0.25, 0.3) is 0 Å². The lowest BCUT2D eigenvalue weighted by Gasteiger charge is -2.31. The Morgan fingerprint density at radius 3 is 2.50 bits per heavy atom. The van der Waals surface area contributed by atoms with Crippen molar-refractivity contribution in [1.82, 2.24) is 9.97 Å². The van der Waals surface area contributed by atoms with Crippen molar-refractivity contribution in [3.05, 3.63) is 57.8 Å². The molecule has 1 fully saturated rings. The Hall–Kier alpha value is -3.35. The van der Waals surface area contributed by atoms with Gasteiger partial charge in [0.2, 0.25) is 0 Å². The van der Waals surface area contributed by atoms with Gasteiger partial charge in [0, 0.05) is 29.3 Å². The lowest BCUT2D eigenvalue weighted by Crippen LogP contribution is -2.47. The predicted molar refractivity (Wildman–Crippen MR) is 107 cm³/mol. The summed E-state index contributed by atoms with van der Waals surface area (Å²) in [6, 6.07) is 4.27. The number of carbonyl (C=O) groups is 2. The Kier molecular flexibility index (Phi) is 6.78. The molecule has 2 aromatic rings. The fraction of sp³-hybridized carbons (Fsp3) is 0.429. The molecular weight excluding hydrogens is 469 g/mol. The summed E-state index contributed by atoms with van der Waals surface area (Å²) in [5, 5.41) is 2.35. The molecule has 0 aliphatic carbocycles. The molecule has 0 unspecified atom stereocenters. The molecule has 2 aromatic heterocycles. The largest absolute Gasteiger partial charge is 0.464 e. The second kappa shape index (κ2) is 9.12. The fourth-order valence-electron chi connectivity index (χ4n) is 3.85. The summed E-state index contributed by atoms with van der Waals surface area (Å²) in [4.78, 5) is 42.9. The van der Waals surface area contributed by atoms with Crippen LogP contribution in [0.5, 0.6) is 0 Å². The normalized spacial score (nSPS) is 24.8. The van der Waals surface area contributed by atoms with Crippen molar-refractivity contribution in [2.75, 3.05) is 12.4 Å². The smallest absolute Gasteiger partial charge is 0.417 e.